The van der Waals surface area contributed by atoms with Gasteiger partial charge < -0.3 is 20.1 Å². The Kier molecular flexibility index (Phi) is 4.80. The minimum Gasteiger partial charge on any atom is -0.454 e. The number of benzene rings is 2. The number of aryl methyl sites for hydroxylation is 1. The Morgan fingerprint density at radius 1 is 1.04 bits per heavy atom. The van der Waals surface area contributed by atoms with Gasteiger partial charge in [-0.3, -0.25) is 4.79 Å². The van der Waals surface area contributed by atoms with Crippen molar-refractivity contribution in [3.05, 3.63) is 70.9 Å². The zero-order chi connectivity index (χ0) is 19.5. The highest BCUT2D eigenvalue weighted by molar-refractivity contribution is 5.92. The first-order chi connectivity index (χ1) is 13.6. The van der Waals surface area contributed by atoms with Gasteiger partial charge in [0.25, 0.3) is 5.91 Å². The number of rotatable bonds is 5. The predicted octanol–water partition coefficient (Wildman–Crippen LogP) is 3.50. The number of hydrogen-bond acceptors (Lipinski definition) is 6. The summed E-state index contributed by atoms with van der Waals surface area (Å²) in [5, 5.41) is 14.2. The Balaban J connectivity index is 1.38. The molecule has 28 heavy (non-hydrogen) atoms. The molecule has 1 aromatic heterocycles. The Bertz CT molecular complexity index is 1020. The number of hydrogen-bond donors (Lipinski definition) is 2. The van der Waals surface area contributed by atoms with E-state index >= 15 is 0 Å². The monoisotopic (exact) mass is 376 g/mol. The largest absolute Gasteiger partial charge is 0.454 e. The molecule has 7 heteroatoms. The van der Waals surface area contributed by atoms with E-state index in [0.717, 1.165) is 16.8 Å². The van der Waals surface area contributed by atoms with Crippen LogP contribution in [0.15, 0.2) is 48.5 Å². The Morgan fingerprint density at radius 3 is 2.71 bits per heavy atom. The molecule has 0 saturated carbocycles. The van der Waals surface area contributed by atoms with Gasteiger partial charge in [-0.25, -0.2) is 0 Å². The van der Waals surface area contributed by atoms with Crippen molar-refractivity contribution in [2.45, 2.75) is 20.4 Å². The van der Waals surface area contributed by atoms with Crippen molar-refractivity contribution < 1.29 is 14.3 Å². The number of carbonyl (C=O) groups excluding carboxylic acids is 1. The Labute approximate surface area is 162 Å². The summed E-state index contributed by atoms with van der Waals surface area (Å²) in [7, 11) is 0. The lowest BCUT2D eigenvalue weighted by Crippen LogP contribution is -2.24. The molecule has 142 valence electrons. The topological polar surface area (TPSA) is 85.4 Å². The normalized spacial score (nSPS) is 11.9. The van der Waals surface area contributed by atoms with Crippen molar-refractivity contribution in [3.63, 3.8) is 0 Å². The Morgan fingerprint density at radius 2 is 1.89 bits per heavy atom. The third-order valence-electron chi connectivity index (χ3n) is 4.65. The molecule has 2 N–H and O–H groups in total. The molecule has 0 fully saturated rings. The van der Waals surface area contributed by atoms with Crippen molar-refractivity contribution >= 4 is 17.4 Å². The first-order valence-corrected chi connectivity index (χ1v) is 8.94. The lowest BCUT2D eigenvalue weighted by molar-refractivity contribution is 0.0945. The number of ether oxygens (including phenoxy) is 2. The molecule has 7 nitrogen and oxygen atoms in total. The molecule has 0 bridgehead atoms. The minimum atomic E-state index is -0.288. The number of nitrogens with one attached hydrogen (secondary N) is 2. The molecule has 1 aliphatic rings. The highest BCUT2D eigenvalue weighted by Gasteiger charge is 2.14. The standard InChI is InChI=1S/C21H20N4O3/c1-13-4-3-5-16(14(13)2)23-20-9-7-17(24-25-20)21(26)22-11-15-6-8-18-19(10-15)28-12-27-18/h3-10H,11-12H2,1-2H3,(H,22,26)(H,23,25). The summed E-state index contributed by atoms with van der Waals surface area (Å²) in [6.45, 7) is 4.69. The third-order valence-corrected chi connectivity index (χ3v) is 4.65. The van der Waals surface area contributed by atoms with E-state index in [9.17, 15) is 4.79 Å². The molecule has 0 spiro atoms. The van der Waals surface area contributed by atoms with Crippen LogP contribution in [0.1, 0.15) is 27.2 Å². The molecule has 0 aliphatic carbocycles. The number of anilines is 2. The fourth-order valence-electron chi connectivity index (χ4n) is 2.87. The first kappa shape index (κ1) is 17.8. The van der Waals surface area contributed by atoms with Gasteiger partial charge in [0.15, 0.2) is 23.0 Å². The number of aromatic nitrogens is 2. The maximum atomic E-state index is 12.3. The van der Waals surface area contributed by atoms with E-state index in [2.05, 4.69) is 33.8 Å². The third kappa shape index (κ3) is 3.73. The highest BCUT2D eigenvalue weighted by Crippen LogP contribution is 2.32. The SMILES string of the molecule is Cc1cccc(Nc2ccc(C(=O)NCc3ccc4c(c3)OCO4)nn2)c1C. The van der Waals surface area contributed by atoms with Crippen molar-refractivity contribution in [1.82, 2.24) is 15.5 Å². The van der Waals surface area contributed by atoms with Crippen LogP contribution in [0.3, 0.4) is 0 Å². The second-order valence-corrected chi connectivity index (χ2v) is 6.55. The molecule has 1 amide bonds. The van der Waals surface area contributed by atoms with Gasteiger partial charge in [0.2, 0.25) is 6.79 Å². The van der Waals surface area contributed by atoms with E-state index < -0.39 is 0 Å². The quantitative estimate of drug-likeness (QED) is 0.709. The second-order valence-electron chi connectivity index (χ2n) is 6.55. The molecule has 3 aromatic rings. The Hall–Kier alpha value is -3.61. The fourth-order valence-corrected chi connectivity index (χ4v) is 2.87. The van der Waals surface area contributed by atoms with Crippen LogP contribution in [0.25, 0.3) is 0 Å². The molecule has 0 unspecified atom stereocenters. The highest BCUT2D eigenvalue weighted by atomic mass is 16.7. The van der Waals surface area contributed by atoms with Gasteiger partial charge in [0, 0.05) is 12.2 Å². The summed E-state index contributed by atoms with van der Waals surface area (Å²) in [6, 6.07) is 15.0. The van der Waals surface area contributed by atoms with E-state index in [1.807, 2.05) is 37.3 Å². The number of carbonyl (C=O) groups is 1. The maximum Gasteiger partial charge on any atom is 0.272 e. The van der Waals surface area contributed by atoms with Crippen LogP contribution in [0.5, 0.6) is 11.5 Å². The van der Waals surface area contributed by atoms with E-state index in [-0.39, 0.29) is 18.4 Å². The predicted molar refractivity (Wildman–Crippen MR) is 105 cm³/mol. The summed E-state index contributed by atoms with van der Waals surface area (Å²) in [6.07, 6.45) is 0. The van der Waals surface area contributed by atoms with Crippen molar-refractivity contribution in [1.29, 1.82) is 0 Å². The molecule has 0 atom stereocenters. The van der Waals surface area contributed by atoms with Crippen LogP contribution in [0.4, 0.5) is 11.5 Å². The van der Waals surface area contributed by atoms with Crippen LogP contribution >= 0.6 is 0 Å². The average Bonchev–Trinajstić information content (AvgIpc) is 3.18. The smallest absolute Gasteiger partial charge is 0.272 e. The van der Waals surface area contributed by atoms with Crippen LogP contribution < -0.4 is 20.1 Å². The average molecular weight is 376 g/mol. The fraction of sp³-hybridized carbons (Fsp3) is 0.190. The van der Waals surface area contributed by atoms with Crippen molar-refractivity contribution in [2.24, 2.45) is 0 Å². The maximum absolute atomic E-state index is 12.3. The van der Waals surface area contributed by atoms with E-state index in [1.165, 1.54) is 5.56 Å². The first-order valence-electron chi connectivity index (χ1n) is 8.94. The number of fused-ring (bicyclic) bond motifs is 1. The van der Waals surface area contributed by atoms with Crippen LogP contribution in [-0.4, -0.2) is 22.9 Å². The molecule has 2 aromatic carbocycles. The van der Waals surface area contributed by atoms with Crippen LogP contribution in [-0.2, 0) is 6.54 Å². The zero-order valence-electron chi connectivity index (χ0n) is 15.7. The molecule has 2 heterocycles. The van der Waals surface area contributed by atoms with Gasteiger partial charge in [0.05, 0.1) is 0 Å². The minimum absolute atomic E-state index is 0.225. The van der Waals surface area contributed by atoms with Gasteiger partial charge in [-0.05, 0) is 60.9 Å². The number of nitrogens with zero attached hydrogens (tertiary/aromatic N) is 2. The van der Waals surface area contributed by atoms with E-state index in [1.54, 1.807) is 12.1 Å². The lowest BCUT2D eigenvalue weighted by Gasteiger charge is -2.10. The van der Waals surface area contributed by atoms with Crippen LogP contribution in [0, 0.1) is 13.8 Å². The zero-order valence-corrected chi connectivity index (χ0v) is 15.7. The van der Waals surface area contributed by atoms with Crippen molar-refractivity contribution in [3.8, 4) is 11.5 Å². The number of amides is 1. The second kappa shape index (κ2) is 7.56. The molecular weight excluding hydrogens is 356 g/mol. The van der Waals surface area contributed by atoms with Gasteiger partial charge in [0.1, 0.15) is 0 Å². The van der Waals surface area contributed by atoms with Gasteiger partial charge in [-0.2, -0.15) is 0 Å². The van der Waals surface area contributed by atoms with Crippen molar-refractivity contribution in [2.75, 3.05) is 12.1 Å². The van der Waals surface area contributed by atoms with Gasteiger partial charge in [-0.1, -0.05) is 18.2 Å². The summed E-state index contributed by atoms with van der Waals surface area (Å²) >= 11 is 0. The van der Waals surface area contributed by atoms with Gasteiger partial charge in [-0.15, -0.1) is 10.2 Å². The van der Waals surface area contributed by atoms with Gasteiger partial charge >= 0.3 is 0 Å². The van der Waals surface area contributed by atoms with Crippen LogP contribution in [0.2, 0.25) is 0 Å². The lowest BCUT2D eigenvalue weighted by atomic mass is 10.1. The summed E-state index contributed by atoms with van der Waals surface area (Å²) in [5.41, 5.74) is 4.48. The summed E-state index contributed by atoms with van der Waals surface area (Å²) in [4.78, 5) is 12.3. The van der Waals surface area contributed by atoms with E-state index in [4.69, 9.17) is 9.47 Å². The molecule has 4 rings (SSSR count). The van der Waals surface area contributed by atoms with E-state index in [0.29, 0.717) is 23.9 Å². The molecular formula is C21H20N4O3. The molecule has 1 aliphatic heterocycles. The molecule has 0 saturated heterocycles. The molecule has 0 radical (unpaired) electrons. The summed E-state index contributed by atoms with van der Waals surface area (Å²) in [5.74, 6) is 1.70. The summed E-state index contributed by atoms with van der Waals surface area (Å²) < 4.78 is 10.6.